The largest absolute Gasteiger partial charge is 0.495 e. The van der Waals surface area contributed by atoms with E-state index in [0.717, 1.165) is 51.1 Å². The third-order valence-corrected chi connectivity index (χ3v) is 7.06. The van der Waals surface area contributed by atoms with E-state index in [2.05, 4.69) is 20.5 Å². The molecule has 1 N–H and O–H groups in total. The highest BCUT2D eigenvalue weighted by molar-refractivity contribution is 7.99. The number of carbonyl (C=O) groups is 1. The molecule has 0 aliphatic carbocycles. The monoisotopic (exact) mass is 534 g/mol. The van der Waals surface area contributed by atoms with E-state index in [9.17, 15) is 22.4 Å². The molecule has 0 aliphatic heterocycles. The summed E-state index contributed by atoms with van der Waals surface area (Å²) in [5.41, 5.74) is 1.18. The average Bonchev–Trinajstić information content (AvgIpc) is 3.24. The topological polar surface area (TPSA) is 77.0 Å². The maximum atomic E-state index is 13.2. The van der Waals surface area contributed by atoms with Crippen LogP contribution in [0.4, 0.5) is 23.2 Å². The molecule has 6 nitrogen and oxygen atoms in total. The van der Waals surface area contributed by atoms with Crippen molar-refractivity contribution in [1.29, 1.82) is 0 Å². The molecule has 12 heteroatoms. The van der Waals surface area contributed by atoms with Crippen LogP contribution < -0.4 is 10.1 Å². The number of alkyl halides is 3. The van der Waals surface area contributed by atoms with E-state index < -0.39 is 17.6 Å². The van der Waals surface area contributed by atoms with Gasteiger partial charge in [-0.05, 0) is 61.5 Å². The Hall–Kier alpha value is -3.51. The lowest BCUT2D eigenvalue weighted by atomic mass is 10.2. The number of hydrogen-bond donors (Lipinski definition) is 1. The summed E-state index contributed by atoms with van der Waals surface area (Å²) in [5, 5.41) is 12.0. The third kappa shape index (κ3) is 6.00. The van der Waals surface area contributed by atoms with E-state index in [0.29, 0.717) is 10.7 Å². The molecular weight excluding hydrogens is 516 g/mol. The second-order valence-electron chi connectivity index (χ2n) is 7.45. The first-order chi connectivity index (χ1) is 17.1. The number of anilines is 1. The molecule has 186 valence electrons. The van der Waals surface area contributed by atoms with Crippen LogP contribution in [0.25, 0.3) is 21.1 Å². The molecule has 1 amide bonds. The smallest absolute Gasteiger partial charge is 0.416 e. The molecule has 2 aromatic carbocycles. The van der Waals surface area contributed by atoms with Crippen molar-refractivity contribution in [2.45, 2.75) is 18.1 Å². The molecule has 0 radical (unpaired) electrons. The van der Waals surface area contributed by atoms with Crippen LogP contribution in [0.3, 0.4) is 0 Å². The van der Waals surface area contributed by atoms with Gasteiger partial charge in [-0.25, -0.2) is 9.37 Å². The summed E-state index contributed by atoms with van der Waals surface area (Å²) in [5.74, 6) is -0.827. The number of thiazole rings is 1. The number of methoxy groups -OCH3 is 1. The number of hydrogen-bond acceptors (Lipinski definition) is 7. The molecule has 4 rings (SSSR count). The van der Waals surface area contributed by atoms with Crippen LogP contribution in [0.15, 0.2) is 59.6 Å². The van der Waals surface area contributed by atoms with Gasteiger partial charge in [0.1, 0.15) is 27.3 Å². The van der Waals surface area contributed by atoms with Gasteiger partial charge in [-0.2, -0.15) is 13.2 Å². The number of benzene rings is 2. The highest BCUT2D eigenvalue weighted by Gasteiger charge is 2.31. The van der Waals surface area contributed by atoms with Gasteiger partial charge in [0.15, 0.2) is 0 Å². The van der Waals surface area contributed by atoms with Crippen LogP contribution in [0.5, 0.6) is 5.75 Å². The minimum Gasteiger partial charge on any atom is -0.495 e. The van der Waals surface area contributed by atoms with Crippen LogP contribution in [0.2, 0.25) is 0 Å². The van der Waals surface area contributed by atoms with Gasteiger partial charge in [0, 0.05) is 5.56 Å². The molecule has 0 fully saturated rings. The molecule has 0 unspecified atom stereocenters. The van der Waals surface area contributed by atoms with Crippen molar-refractivity contribution in [3.63, 3.8) is 0 Å². The molecule has 0 aliphatic rings. The predicted molar refractivity (Wildman–Crippen MR) is 131 cm³/mol. The second kappa shape index (κ2) is 10.6. The summed E-state index contributed by atoms with van der Waals surface area (Å²) in [6.07, 6.45) is -4.55. The van der Waals surface area contributed by atoms with Gasteiger partial charge in [-0.1, -0.05) is 11.8 Å². The highest BCUT2D eigenvalue weighted by Crippen LogP contribution is 2.36. The predicted octanol–water partition coefficient (Wildman–Crippen LogP) is 6.47. The summed E-state index contributed by atoms with van der Waals surface area (Å²) >= 11 is 2.49. The SMILES string of the molecule is COc1ccc(C(F)(F)F)cc1NC(=O)CSc1ccc(-c2sc(-c3ccc(F)cc3)nc2C)nn1. The zero-order chi connectivity index (χ0) is 25.9. The van der Waals surface area contributed by atoms with Gasteiger partial charge in [0.05, 0.1) is 34.7 Å². The molecule has 2 aromatic heterocycles. The van der Waals surface area contributed by atoms with Gasteiger partial charge < -0.3 is 10.1 Å². The number of amides is 1. The Bertz CT molecular complexity index is 1370. The molecular formula is C24H18F4N4O2S2. The standard InChI is InChI=1S/C24H18F4N4O2S2/c1-13-22(36-23(29-13)14-3-6-16(25)7-4-14)17-8-10-21(32-31-17)35-12-20(33)30-18-11-15(24(26,27)28)5-9-19(18)34-2/h3-11H,12H2,1-2H3,(H,30,33). The lowest BCUT2D eigenvalue weighted by Crippen LogP contribution is -2.16. The fourth-order valence-electron chi connectivity index (χ4n) is 3.18. The molecule has 36 heavy (non-hydrogen) atoms. The number of halogens is 4. The first-order valence-corrected chi connectivity index (χ1v) is 12.2. The quantitative estimate of drug-likeness (QED) is 0.216. The van der Waals surface area contributed by atoms with Crippen molar-refractivity contribution >= 4 is 34.7 Å². The van der Waals surface area contributed by atoms with Crippen molar-refractivity contribution in [2.24, 2.45) is 0 Å². The number of ether oxygens (including phenoxy) is 1. The van der Waals surface area contributed by atoms with Gasteiger partial charge in [-0.3, -0.25) is 4.79 Å². The summed E-state index contributed by atoms with van der Waals surface area (Å²) in [4.78, 5) is 17.7. The van der Waals surface area contributed by atoms with Crippen molar-refractivity contribution in [3.8, 4) is 26.9 Å². The average molecular weight is 535 g/mol. The normalized spacial score (nSPS) is 11.4. The minimum absolute atomic E-state index is 0.0722. The van der Waals surface area contributed by atoms with Gasteiger partial charge in [0.2, 0.25) is 5.91 Å². The molecule has 0 spiro atoms. The van der Waals surface area contributed by atoms with E-state index in [1.165, 1.54) is 30.6 Å². The number of aromatic nitrogens is 3. The number of nitrogens with one attached hydrogen (secondary N) is 1. The fourth-order valence-corrected chi connectivity index (χ4v) is 4.83. The van der Waals surface area contributed by atoms with Crippen molar-refractivity contribution in [1.82, 2.24) is 15.2 Å². The maximum absolute atomic E-state index is 13.2. The molecule has 0 saturated carbocycles. The molecule has 0 saturated heterocycles. The summed E-state index contributed by atoms with van der Waals surface area (Å²) < 4.78 is 57.2. The lowest BCUT2D eigenvalue weighted by molar-refractivity contribution is -0.137. The summed E-state index contributed by atoms with van der Waals surface area (Å²) in [6.45, 7) is 1.84. The zero-order valence-corrected chi connectivity index (χ0v) is 20.5. The van der Waals surface area contributed by atoms with E-state index in [1.54, 1.807) is 24.3 Å². The van der Waals surface area contributed by atoms with Crippen molar-refractivity contribution < 1.29 is 27.1 Å². The Morgan fingerprint density at radius 2 is 1.83 bits per heavy atom. The summed E-state index contributed by atoms with van der Waals surface area (Å²) in [6, 6.07) is 12.4. The molecule has 0 atom stereocenters. The Morgan fingerprint density at radius 1 is 1.08 bits per heavy atom. The lowest BCUT2D eigenvalue weighted by Gasteiger charge is -2.13. The molecule has 0 bridgehead atoms. The third-order valence-electron chi connectivity index (χ3n) is 4.91. The van der Waals surface area contributed by atoms with E-state index in [1.807, 2.05) is 6.92 Å². The first kappa shape index (κ1) is 25.6. The van der Waals surface area contributed by atoms with Gasteiger partial charge in [0.25, 0.3) is 0 Å². The van der Waals surface area contributed by atoms with E-state index >= 15 is 0 Å². The number of carbonyl (C=O) groups excluding carboxylic acids is 1. The number of aryl methyl sites for hydroxylation is 1. The Morgan fingerprint density at radius 3 is 2.47 bits per heavy atom. The van der Waals surface area contributed by atoms with Crippen LogP contribution in [0.1, 0.15) is 11.3 Å². The molecule has 4 aromatic rings. The Kier molecular flexibility index (Phi) is 7.55. The van der Waals surface area contributed by atoms with Crippen molar-refractivity contribution in [2.75, 3.05) is 18.2 Å². The number of nitrogens with zero attached hydrogens (tertiary/aromatic N) is 3. The number of thioether (sulfide) groups is 1. The maximum Gasteiger partial charge on any atom is 0.416 e. The second-order valence-corrected chi connectivity index (χ2v) is 9.44. The number of rotatable bonds is 7. The van der Waals surface area contributed by atoms with Crippen LogP contribution in [0, 0.1) is 12.7 Å². The van der Waals surface area contributed by atoms with E-state index in [4.69, 9.17) is 4.74 Å². The van der Waals surface area contributed by atoms with Crippen LogP contribution in [-0.4, -0.2) is 34.0 Å². The Balaban J connectivity index is 1.41. The Labute approximate surface area is 211 Å². The van der Waals surface area contributed by atoms with Crippen molar-refractivity contribution in [3.05, 3.63) is 71.7 Å². The fraction of sp³-hybridized carbons (Fsp3) is 0.167. The van der Waals surface area contributed by atoms with Crippen LogP contribution in [-0.2, 0) is 11.0 Å². The van der Waals surface area contributed by atoms with Crippen LogP contribution >= 0.6 is 23.1 Å². The van der Waals surface area contributed by atoms with Gasteiger partial charge in [-0.15, -0.1) is 21.5 Å². The van der Waals surface area contributed by atoms with Gasteiger partial charge >= 0.3 is 6.18 Å². The zero-order valence-electron chi connectivity index (χ0n) is 18.9. The van der Waals surface area contributed by atoms with E-state index in [-0.39, 0.29) is 23.0 Å². The minimum atomic E-state index is -4.55. The first-order valence-electron chi connectivity index (χ1n) is 10.4. The highest BCUT2D eigenvalue weighted by atomic mass is 32.2. The molecule has 2 heterocycles. The summed E-state index contributed by atoms with van der Waals surface area (Å²) in [7, 11) is 1.30.